The molecular formula is C19H20N2O. The number of hydrogen-bond acceptors (Lipinski definition) is 1. The van der Waals surface area contributed by atoms with Gasteiger partial charge in [-0.3, -0.25) is 4.79 Å². The maximum Gasteiger partial charge on any atom is 0.255 e. The molecule has 0 atom stereocenters. The second-order valence-electron chi connectivity index (χ2n) is 5.63. The van der Waals surface area contributed by atoms with Crippen LogP contribution in [0.4, 0.5) is 0 Å². The highest BCUT2D eigenvalue weighted by atomic mass is 16.2. The highest BCUT2D eigenvalue weighted by Crippen LogP contribution is 2.21. The summed E-state index contributed by atoms with van der Waals surface area (Å²) in [6.07, 6.45) is 2.79. The summed E-state index contributed by atoms with van der Waals surface area (Å²) >= 11 is 0. The van der Waals surface area contributed by atoms with Crippen LogP contribution in [0, 0.1) is 0 Å². The summed E-state index contributed by atoms with van der Waals surface area (Å²) in [6.45, 7) is 0.714. The van der Waals surface area contributed by atoms with Gasteiger partial charge in [0.05, 0.1) is 5.56 Å². The lowest BCUT2D eigenvalue weighted by atomic mass is 10.1. The Morgan fingerprint density at radius 2 is 1.73 bits per heavy atom. The number of likely N-dealkylation sites (N-methyl/N-ethyl adjacent to an activating group) is 1. The lowest BCUT2D eigenvalue weighted by Crippen LogP contribution is -2.28. The van der Waals surface area contributed by atoms with E-state index in [-0.39, 0.29) is 5.91 Å². The molecule has 0 saturated heterocycles. The molecule has 0 radical (unpaired) electrons. The minimum absolute atomic E-state index is 0.0766. The number of aryl methyl sites for hydroxylation is 1. The number of aromatic nitrogens is 1. The molecule has 0 N–H and O–H groups in total. The van der Waals surface area contributed by atoms with E-state index in [1.54, 1.807) is 4.90 Å². The van der Waals surface area contributed by atoms with Gasteiger partial charge in [-0.1, -0.05) is 48.5 Å². The van der Waals surface area contributed by atoms with E-state index < -0.39 is 0 Å². The molecule has 0 bridgehead atoms. The van der Waals surface area contributed by atoms with E-state index >= 15 is 0 Å². The third-order valence-electron chi connectivity index (χ3n) is 4.05. The molecule has 3 aromatic rings. The SMILES string of the molecule is CN(CCc1ccccc1)C(=O)c1cn(C)c2ccccc12. The van der Waals surface area contributed by atoms with Crippen molar-refractivity contribution in [2.24, 2.45) is 7.05 Å². The molecule has 0 spiro atoms. The van der Waals surface area contributed by atoms with Crippen LogP contribution in [0.2, 0.25) is 0 Å². The van der Waals surface area contributed by atoms with Gasteiger partial charge in [-0.25, -0.2) is 0 Å². The second kappa shape index (κ2) is 6.06. The van der Waals surface area contributed by atoms with E-state index in [0.717, 1.165) is 22.9 Å². The van der Waals surface area contributed by atoms with Gasteiger partial charge in [-0.2, -0.15) is 0 Å². The monoisotopic (exact) mass is 292 g/mol. The van der Waals surface area contributed by atoms with Gasteiger partial charge in [-0.05, 0) is 18.1 Å². The Balaban J connectivity index is 1.77. The van der Waals surface area contributed by atoms with Crippen molar-refractivity contribution in [3.8, 4) is 0 Å². The van der Waals surface area contributed by atoms with Crippen LogP contribution in [0.3, 0.4) is 0 Å². The fraction of sp³-hybridized carbons (Fsp3) is 0.211. The molecule has 3 nitrogen and oxygen atoms in total. The van der Waals surface area contributed by atoms with E-state index in [9.17, 15) is 4.79 Å². The zero-order chi connectivity index (χ0) is 15.5. The summed E-state index contributed by atoms with van der Waals surface area (Å²) < 4.78 is 2.01. The van der Waals surface area contributed by atoms with Crippen LogP contribution in [0.1, 0.15) is 15.9 Å². The van der Waals surface area contributed by atoms with Gasteiger partial charge in [0.25, 0.3) is 5.91 Å². The third kappa shape index (κ3) is 2.75. The molecule has 2 aromatic carbocycles. The molecule has 0 aliphatic heterocycles. The second-order valence-corrected chi connectivity index (χ2v) is 5.63. The summed E-state index contributed by atoms with van der Waals surface area (Å²) in [5.74, 6) is 0.0766. The Kier molecular flexibility index (Phi) is 3.96. The predicted octanol–water partition coefficient (Wildman–Crippen LogP) is 3.49. The largest absolute Gasteiger partial charge is 0.350 e. The fourth-order valence-electron chi connectivity index (χ4n) is 2.76. The average Bonchev–Trinajstić information content (AvgIpc) is 2.90. The van der Waals surface area contributed by atoms with E-state index in [1.165, 1.54) is 5.56 Å². The van der Waals surface area contributed by atoms with E-state index in [1.807, 2.05) is 67.3 Å². The zero-order valence-corrected chi connectivity index (χ0v) is 13.0. The van der Waals surface area contributed by atoms with Crippen LogP contribution in [-0.4, -0.2) is 29.0 Å². The van der Waals surface area contributed by atoms with Gasteiger partial charge in [0, 0.05) is 37.7 Å². The molecule has 112 valence electrons. The Bertz CT molecular complexity index is 790. The summed E-state index contributed by atoms with van der Waals surface area (Å²) in [4.78, 5) is 14.5. The quantitative estimate of drug-likeness (QED) is 0.722. The zero-order valence-electron chi connectivity index (χ0n) is 13.0. The van der Waals surface area contributed by atoms with E-state index in [0.29, 0.717) is 6.54 Å². The number of rotatable bonds is 4. The maximum atomic E-state index is 12.7. The first kappa shape index (κ1) is 14.4. The first-order chi connectivity index (χ1) is 10.7. The number of carbonyl (C=O) groups excluding carboxylic acids is 1. The number of amides is 1. The summed E-state index contributed by atoms with van der Waals surface area (Å²) in [5.41, 5.74) is 3.11. The lowest BCUT2D eigenvalue weighted by Gasteiger charge is -2.16. The minimum Gasteiger partial charge on any atom is -0.350 e. The topological polar surface area (TPSA) is 25.2 Å². The fourth-order valence-corrected chi connectivity index (χ4v) is 2.76. The third-order valence-corrected chi connectivity index (χ3v) is 4.05. The lowest BCUT2D eigenvalue weighted by molar-refractivity contribution is 0.0798. The van der Waals surface area contributed by atoms with Crippen molar-refractivity contribution in [2.75, 3.05) is 13.6 Å². The van der Waals surface area contributed by atoms with Gasteiger partial charge >= 0.3 is 0 Å². The van der Waals surface area contributed by atoms with Crippen molar-refractivity contribution < 1.29 is 4.79 Å². The number of benzene rings is 2. The van der Waals surface area contributed by atoms with Crippen LogP contribution in [0.5, 0.6) is 0 Å². The van der Waals surface area contributed by atoms with E-state index in [2.05, 4.69) is 12.1 Å². The Hall–Kier alpha value is -2.55. The number of hydrogen-bond donors (Lipinski definition) is 0. The Morgan fingerprint density at radius 1 is 1.05 bits per heavy atom. The van der Waals surface area contributed by atoms with Crippen molar-refractivity contribution in [3.63, 3.8) is 0 Å². The number of fused-ring (bicyclic) bond motifs is 1. The van der Waals surface area contributed by atoms with Crippen molar-refractivity contribution in [1.82, 2.24) is 9.47 Å². The van der Waals surface area contributed by atoms with Gasteiger partial charge in [0.15, 0.2) is 0 Å². The summed E-state index contributed by atoms with van der Waals surface area (Å²) in [7, 11) is 3.84. The standard InChI is InChI=1S/C19H20N2O/c1-20(13-12-15-8-4-3-5-9-15)19(22)17-14-21(2)18-11-7-6-10-16(17)18/h3-11,14H,12-13H2,1-2H3. The van der Waals surface area contributed by atoms with Crippen LogP contribution < -0.4 is 0 Å². The molecule has 3 heteroatoms. The highest BCUT2D eigenvalue weighted by Gasteiger charge is 2.17. The summed E-state index contributed by atoms with van der Waals surface area (Å²) in [5, 5.41) is 1.02. The van der Waals surface area contributed by atoms with Crippen LogP contribution in [0.15, 0.2) is 60.8 Å². The van der Waals surface area contributed by atoms with Gasteiger partial charge in [-0.15, -0.1) is 0 Å². The van der Waals surface area contributed by atoms with E-state index in [4.69, 9.17) is 0 Å². The maximum absolute atomic E-state index is 12.7. The average molecular weight is 292 g/mol. The smallest absolute Gasteiger partial charge is 0.255 e. The van der Waals surface area contributed by atoms with Crippen LogP contribution >= 0.6 is 0 Å². The van der Waals surface area contributed by atoms with Crippen molar-refractivity contribution >= 4 is 16.8 Å². The minimum atomic E-state index is 0.0766. The molecule has 3 rings (SSSR count). The van der Waals surface area contributed by atoms with Crippen LogP contribution in [0.25, 0.3) is 10.9 Å². The molecule has 1 amide bonds. The van der Waals surface area contributed by atoms with Crippen molar-refractivity contribution in [2.45, 2.75) is 6.42 Å². The molecule has 1 aromatic heterocycles. The number of nitrogens with zero attached hydrogens (tertiary/aromatic N) is 2. The first-order valence-corrected chi connectivity index (χ1v) is 7.50. The van der Waals surface area contributed by atoms with Gasteiger partial charge in [0.2, 0.25) is 0 Å². The molecule has 22 heavy (non-hydrogen) atoms. The summed E-state index contributed by atoms with van der Waals surface area (Å²) in [6, 6.07) is 18.3. The molecule has 1 heterocycles. The number of para-hydroxylation sites is 1. The van der Waals surface area contributed by atoms with Crippen molar-refractivity contribution in [3.05, 3.63) is 71.9 Å². The van der Waals surface area contributed by atoms with Gasteiger partial charge in [0.1, 0.15) is 0 Å². The Labute approximate surface area is 130 Å². The normalized spacial score (nSPS) is 10.8. The first-order valence-electron chi connectivity index (χ1n) is 7.50. The number of carbonyl (C=O) groups is 1. The van der Waals surface area contributed by atoms with Crippen molar-refractivity contribution in [1.29, 1.82) is 0 Å². The molecular weight excluding hydrogens is 272 g/mol. The molecule has 0 aliphatic carbocycles. The van der Waals surface area contributed by atoms with Crippen LogP contribution in [-0.2, 0) is 13.5 Å². The molecule has 0 saturated carbocycles. The molecule has 0 fully saturated rings. The molecule has 0 aliphatic rings. The molecule has 0 unspecified atom stereocenters. The Morgan fingerprint density at radius 3 is 2.50 bits per heavy atom. The highest BCUT2D eigenvalue weighted by molar-refractivity contribution is 6.06. The predicted molar refractivity (Wildman–Crippen MR) is 90.0 cm³/mol. The van der Waals surface area contributed by atoms with Gasteiger partial charge < -0.3 is 9.47 Å².